The Bertz CT molecular complexity index is 702. The van der Waals surface area contributed by atoms with Crippen LogP contribution in [0.4, 0.5) is 14.5 Å². The Hall–Kier alpha value is -1.74. The molecular weight excluding hydrogens is 328 g/mol. The van der Waals surface area contributed by atoms with Gasteiger partial charge in [-0.15, -0.1) is 0 Å². The topological polar surface area (TPSA) is 90.8 Å². The third-order valence-corrected chi connectivity index (χ3v) is 5.27. The van der Waals surface area contributed by atoms with Crippen molar-refractivity contribution < 1.29 is 18.4 Å². The molecule has 0 aromatic heterocycles. The van der Waals surface area contributed by atoms with Crippen molar-refractivity contribution >= 4 is 22.6 Å². The molecule has 0 amide bonds. The van der Waals surface area contributed by atoms with E-state index in [0.717, 1.165) is 30.0 Å². The van der Waals surface area contributed by atoms with E-state index in [1.54, 1.807) is 6.92 Å². The number of hydrogen-bond acceptors (Lipinski definition) is 6. The molecule has 23 heavy (non-hydrogen) atoms. The number of thioether (sulfide) groups is 1. The molecule has 3 rings (SSSR count). The number of halogens is 2. The average molecular weight is 343 g/mol. The third kappa shape index (κ3) is 2.47. The number of ether oxygens (including phenoxy) is 1. The number of benzene rings is 1. The van der Waals surface area contributed by atoms with Crippen LogP contribution in [0.15, 0.2) is 23.2 Å². The van der Waals surface area contributed by atoms with E-state index in [1.807, 2.05) is 0 Å². The van der Waals surface area contributed by atoms with Gasteiger partial charge in [-0.05, 0) is 13.0 Å². The number of non-ortho nitro benzene ring substituents is 1. The lowest BCUT2D eigenvalue weighted by Gasteiger charge is -2.49. The molecule has 2 N–H and O–H groups in total. The summed E-state index contributed by atoms with van der Waals surface area (Å²) >= 11 is 1.06. The molecule has 1 aromatic rings. The number of rotatable bonds is 2. The second-order valence-electron chi connectivity index (χ2n) is 5.81. The number of aliphatic imine (C=N–C) groups is 1. The number of fused-ring (bicyclic) bond motifs is 1. The Balaban J connectivity index is 2.22. The summed E-state index contributed by atoms with van der Waals surface area (Å²) in [6, 6.07) is 3.01. The maximum absolute atomic E-state index is 15.7. The van der Waals surface area contributed by atoms with Gasteiger partial charge in [0.2, 0.25) is 0 Å². The summed E-state index contributed by atoms with van der Waals surface area (Å²) in [6.45, 7) is 1.51. The lowest BCUT2D eigenvalue weighted by Crippen LogP contribution is -2.60. The SMILES string of the molecule is C[C@H]1C[C@@]2(F)CSC(N)=N[C@@]2(c2cc([N+](=O)[O-])ccc2F)CO1. The quantitative estimate of drug-likeness (QED) is 0.658. The Morgan fingerprint density at radius 3 is 3.00 bits per heavy atom. The van der Waals surface area contributed by atoms with Crippen LogP contribution in [-0.2, 0) is 10.3 Å². The molecule has 124 valence electrons. The van der Waals surface area contributed by atoms with Crippen LogP contribution < -0.4 is 5.73 Å². The smallest absolute Gasteiger partial charge is 0.270 e. The highest BCUT2D eigenvalue weighted by Crippen LogP contribution is 2.52. The highest BCUT2D eigenvalue weighted by molar-refractivity contribution is 8.13. The molecule has 0 saturated carbocycles. The Morgan fingerprint density at radius 1 is 1.57 bits per heavy atom. The van der Waals surface area contributed by atoms with E-state index >= 15 is 4.39 Å². The van der Waals surface area contributed by atoms with Crippen molar-refractivity contribution in [3.8, 4) is 0 Å². The van der Waals surface area contributed by atoms with Gasteiger partial charge in [0.05, 0.1) is 17.6 Å². The maximum atomic E-state index is 15.7. The zero-order valence-electron chi connectivity index (χ0n) is 12.3. The third-order valence-electron chi connectivity index (χ3n) is 4.29. The standard InChI is InChI=1S/C14H15F2N3O3S/c1-8-5-13(16)7-23-12(17)18-14(13,6-22-8)10-4-9(19(20)21)2-3-11(10)15/h2-4,8H,5-7H2,1H3,(H2,17,18)/t8-,13+,14+/m0/s1. The van der Waals surface area contributed by atoms with Gasteiger partial charge in [-0.1, -0.05) is 11.8 Å². The molecule has 9 heteroatoms. The predicted molar refractivity (Wildman–Crippen MR) is 82.7 cm³/mol. The Labute approximate surface area is 135 Å². The summed E-state index contributed by atoms with van der Waals surface area (Å²) in [6.07, 6.45) is -0.344. The van der Waals surface area contributed by atoms with Crippen LogP contribution in [0.25, 0.3) is 0 Å². The number of alkyl halides is 1. The Kier molecular flexibility index (Phi) is 3.80. The van der Waals surface area contributed by atoms with E-state index in [9.17, 15) is 14.5 Å². The van der Waals surface area contributed by atoms with Crippen LogP contribution in [0.2, 0.25) is 0 Å². The summed E-state index contributed by atoms with van der Waals surface area (Å²) in [7, 11) is 0. The number of nitro groups is 1. The molecule has 2 heterocycles. The predicted octanol–water partition coefficient (Wildman–Crippen LogP) is 2.51. The molecule has 0 unspecified atom stereocenters. The first kappa shape index (κ1) is 16.1. The van der Waals surface area contributed by atoms with Crippen molar-refractivity contribution in [2.75, 3.05) is 12.4 Å². The molecule has 1 saturated heterocycles. The van der Waals surface area contributed by atoms with Crippen molar-refractivity contribution in [2.24, 2.45) is 10.7 Å². The van der Waals surface area contributed by atoms with Crippen molar-refractivity contribution in [3.63, 3.8) is 0 Å². The van der Waals surface area contributed by atoms with Crippen LogP contribution in [0, 0.1) is 15.9 Å². The fourth-order valence-corrected chi connectivity index (χ4v) is 4.07. The molecule has 0 spiro atoms. The largest absolute Gasteiger partial charge is 0.379 e. The first-order valence-electron chi connectivity index (χ1n) is 7.00. The lowest BCUT2D eigenvalue weighted by molar-refractivity contribution is -0.385. The Morgan fingerprint density at radius 2 is 2.30 bits per heavy atom. The average Bonchev–Trinajstić information content (AvgIpc) is 2.48. The number of nitro benzene ring substituents is 1. The van der Waals surface area contributed by atoms with Gasteiger partial charge < -0.3 is 10.5 Å². The molecule has 0 radical (unpaired) electrons. The summed E-state index contributed by atoms with van der Waals surface area (Å²) in [5, 5.41) is 11.1. The van der Waals surface area contributed by atoms with E-state index in [0.29, 0.717) is 0 Å². The number of hydrogen-bond donors (Lipinski definition) is 1. The number of nitrogens with zero attached hydrogens (tertiary/aromatic N) is 2. The number of nitrogens with two attached hydrogens (primary N) is 1. The van der Waals surface area contributed by atoms with Crippen LogP contribution in [0.3, 0.4) is 0 Å². The monoisotopic (exact) mass is 343 g/mol. The van der Waals surface area contributed by atoms with Gasteiger partial charge in [0.1, 0.15) is 11.4 Å². The minimum Gasteiger partial charge on any atom is -0.379 e. The van der Waals surface area contributed by atoms with Crippen molar-refractivity contribution in [3.05, 3.63) is 39.7 Å². The summed E-state index contributed by atoms with van der Waals surface area (Å²) < 4.78 is 35.6. The van der Waals surface area contributed by atoms with Crippen LogP contribution in [0.5, 0.6) is 0 Å². The van der Waals surface area contributed by atoms with E-state index < -0.39 is 21.9 Å². The molecule has 0 bridgehead atoms. The zero-order chi connectivity index (χ0) is 16.8. The highest BCUT2D eigenvalue weighted by Gasteiger charge is 2.60. The van der Waals surface area contributed by atoms with Crippen molar-refractivity contribution in [1.29, 1.82) is 0 Å². The van der Waals surface area contributed by atoms with Gasteiger partial charge in [0, 0.05) is 29.9 Å². The second kappa shape index (κ2) is 5.41. The van der Waals surface area contributed by atoms with Crippen LogP contribution >= 0.6 is 11.8 Å². The zero-order valence-corrected chi connectivity index (χ0v) is 13.1. The van der Waals surface area contributed by atoms with Gasteiger partial charge in [0.15, 0.2) is 10.8 Å². The molecule has 2 aliphatic rings. The van der Waals surface area contributed by atoms with Gasteiger partial charge in [-0.3, -0.25) is 10.1 Å². The first-order valence-corrected chi connectivity index (χ1v) is 7.99. The van der Waals surface area contributed by atoms with Gasteiger partial charge in [-0.25, -0.2) is 13.8 Å². The molecule has 2 aliphatic heterocycles. The fourth-order valence-electron chi connectivity index (χ4n) is 3.12. The van der Waals surface area contributed by atoms with Crippen LogP contribution in [-0.4, -0.2) is 34.2 Å². The molecular formula is C14H15F2N3O3S. The molecule has 0 aliphatic carbocycles. The van der Waals surface area contributed by atoms with E-state index in [-0.39, 0.29) is 41.3 Å². The minimum absolute atomic E-state index is 0.00182. The second-order valence-corrected chi connectivity index (χ2v) is 6.81. The number of amidine groups is 1. The molecule has 1 aromatic carbocycles. The molecule has 1 fully saturated rings. The van der Waals surface area contributed by atoms with E-state index in [4.69, 9.17) is 10.5 Å². The van der Waals surface area contributed by atoms with Gasteiger partial charge >= 0.3 is 0 Å². The van der Waals surface area contributed by atoms with Crippen molar-refractivity contribution in [1.82, 2.24) is 0 Å². The summed E-state index contributed by atoms with van der Waals surface area (Å²) in [5.41, 5.74) is 1.62. The molecule has 6 nitrogen and oxygen atoms in total. The minimum atomic E-state index is -1.89. The highest BCUT2D eigenvalue weighted by atomic mass is 32.2. The van der Waals surface area contributed by atoms with E-state index in [2.05, 4.69) is 4.99 Å². The first-order chi connectivity index (χ1) is 10.8. The summed E-state index contributed by atoms with van der Waals surface area (Å²) in [4.78, 5) is 14.5. The van der Waals surface area contributed by atoms with Gasteiger partial charge in [0.25, 0.3) is 5.69 Å². The normalized spacial score (nSPS) is 33.7. The maximum Gasteiger partial charge on any atom is 0.270 e. The van der Waals surface area contributed by atoms with E-state index in [1.165, 1.54) is 0 Å². The van der Waals surface area contributed by atoms with Crippen LogP contribution in [0.1, 0.15) is 18.9 Å². The van der Waals surface area contributed by atoms with Crippen molar-refractivity contribution in [2.45, 2.75) is 30.7 Å². The van der Waals surface area contributed by atoms with Gasteiger partial charge in [-0.2, -0.15) is 0 Å². The summed E-state index contributed by atoms with van der Waals surface area (Å²) in [5.74, 6) is -0.766. The fraction of sp³-hybridized carbons (Fsp3) is 0.500. The molecule has 3 atom stereocenters. The lowest BCUT2D eigenvalue weighted by atomic mass is 9.72.